The van der Waals surface area contributed by atoms with Crippen molar-refractivity contribution in [1.82, 2.24) is 4.90 Å². The van der Waals surface area contributed by atoms with Crippen molar-refractivity contribution < 1.29 is 14.8 Å². The molecule has 7 nitrogen and oxygen atoms in total. The van der Waals surface area contributed by atoms with Crippen molar-refractivity contribution in [3.63, 3.8) is 0 Å². The van der Waals surface area contributed by atoms with Crippen LogP contribution in [0.3, 0.4) is 0 Å². The summed E-state index contributed by atoms with van der Waals surface area (Å²) >= 11 is 0. The van der Waals surface area contributed by atoms with Crippen LogP contribution in [0, 0.1) is 15.5 Å². The molecule has 0 radical (unpaired) electrons. The van der Waals surface area contributed by atoms with E-state index in [9.17, 15) is 20.0 Å². The lowest BCUT2D eigenvalue weighted by Crippen LogP contribution is -2.42. The molecule has 7 heteroatoms. The molecule has 0 bridgehead atoms. The molecule has 120 valence electrons. The summed E-state index contributed by atoms with van der Waals surface area (Å²) in [5.41, 5.74) is 0.664. The van der Waals surface area contributed by atoms with Crippen LogP contribution < -0.4 is 5.32 Å². The van der Waals surface area contributed by atoms with E-state index in [4.69, 9.17) is 0 Å². The Morgan fingerprint density at radius 3 is 2.36 bits per heavy atom. The van der Waals surface area contributed by atoms with E-state index in [1.54, 1.807) is 12.1 Å². The Morgan fingerprint density at radius 2 is 1.95 bits per heavy atom. The van der Waals surface area contributed by atoms with E-state index in [0.717, 1.165) is 5.69 Å². The SMILES string of the molecule is CC(C)(C)C1CC(Nc2ccc([N+](=O)[O-])cc2)CN1C(=O)O. The average molecular weight is 307 g/mol. The molecule has 1 aliphatic rings. The highest BCUT2D eigenvalue weighted by Crippen LogP contribution is 2.34. The molecule has 0 aliphatic carbocycles. The van der Waals surface area contributed by atoms with Gasteiger partial charge in [-0.15, -0.1) is 0 Å². The van der Waals surface area contributed by atoms with E-state index >= 15 is 0 Å². The molecule has 2 N–H and O–H groups in total. The number of nitrogens with zero attached hydrogens (tertiary/aromatic N) is 2. The summed E-state index contributed by atoms with van der Waals surface area (Å²) in [6.07, 6.45) is -0.194. The van der Waals surface area contributed by atoms with Gasteiger partial charge in [0.2, 0.25) is 0 Å². The normalized spacial score (nSPS) is 21.7. The minimum atomic E-state index is -0.909. The average Bonchev–Trinajstić information content (AvgIpc) is 2.83. The second kappa shape index (κ2) is 5.82. The van der Waals surface area contributed by atoms with Gasteiger partial charge < -0.3 is 15.3 Å². The summed E-state index contributed by atoms with van der Waals surface area (Å²) in [5, 5.41) is 23.3. The first-order valence-electron chi connectivity index (χ1n) is 7.19. The number of likely N-dealkylation sites (tertiary alicyclic amines) is 1. The Bertz CT molecular complexity index is 565. The van der Waals surface area contributed by atoms with E-state index in [1.165, 1.54) is 17.0 Å². The number of nitro groups is 1. The molecule has 1 amide bonds. The summed E-state index contributed by atoms with van der Waals surface area (Å²) in [5.74, 6) is 0. The van der Waals surface area contributed by atoms with Crippen LogP contribution >= 0.6 is 0 Å². The van der Waals surface area contributed by atoms with Crippen LogP contribution in [0.2, 0.25) is 0 Å². The first kappa shape index (κ1) is 16.1. The van der Waals surface area contributed by atoms with E-state index in [0.29, 0.717) is 13.0 Å². The fraction of sp³-hybridized carbons (Fsp3) is 0.533. The topological polar surface area (TPSA) is 95.7 Å². The Morgan fingerprint density at radius 1 is 1.36 bits per heavy atom. The van der Waals surface area contributed by atoms with Crippen LogP contribution in [-0.2, 0) is 0 Å². The lowest BCUT2D eigenvalue weighted by Gasteiger charge is -2.32. The summed E-state index contributed by atoms with van der Waals surface area (Å²) < 4.78 is 0. The molecule has 0 saturated carbocycles. The number of amides is 1. The number of hydrogen-bond acceptors (Lipinski definition) is 4. The third-order valence-electron chi connectivity index (χ3n) is 4.00. The van der Waals surface area contributed by atoms with Gasteiger partial charge in [0.15, 0.2) is 0 Å². The fourth-order valence-corrected chi connectivity index (χ4v) is 2.89. The summed E-state index contributed by atoms with van der Waals surface area (Å²) in [6.45, 7) is 6.50. The minimum absolute atomic E-state index is 0.00165. The number of anilines is 1. The third-order valence-corrected chi connectivity index (χ3v) is 4.00. The molecule has 1 saturated heterocycles. The zero-order valence-corrected chi connectivity index (χ0v) is 12.9. The van der Waals surface area contributed by atoms with Gasteiger partial charge in [0, 0.05) is 36.4 Å². The van der Waals surface area contributed by atoms with Gasteiger partial charge >= 0.3 is 6.09 Å². The predicted molar refractivity (Wildman–Crippen MR) is 83.1 cm³/mol. The van der Waals surface area contributed by atoms with Crippen LogP contribution in [0.4, 0.5) is 16.2 Å². The molecule has 1 aliphatic heterocycles. The van der Waals surface area contributed by atoms with Gasteiger partial charge in [-0.2, -0.15) is 0 Å². The van der Waals surface area contributed by atoms with Crippen LogP contribution in [0.15, 0.2) is 24.3 Å². The van der Waals surface area contributed by atoms with Crippen molar-refractivity contribution in [3.8, 4) is 0 Å². The molecule has 2 atom stereocenters. The van der Waals surface area contributed by atoms with Gasteiger partial charge in [0.25, 0.3) is 5.69 Å². The first-order chi connectivity index (χ1) is 10.2. The Kier molecular flexibility index (Phi) is 4.25. The van der Waals surface area contributed by atoms with Gasteiger partial charge in [0.1, 0.15) is 0 Å². The highest BCUT2D eigenvalue weighted by Gasteiger charge is 2.41. The molecule has 0 spiro atoms. The number of hydrogen-bond donors (Lipinski definition) is 2. The summed E-state index contributed by atoms with van der Waals surface area (Å²) in [6, 6.07) is 6.12. The zero-order chi connectivity index (χ0) is 16.5. The van der Waals surface area contributed by atoms with E-state index < -0.39 is 11.0 Å². The second-order valence-electron chi connectivity index (χ2n) is 6.70. The van der Waals surface area contributed by atoms with E-state index in [-0.39, 0.29) is 23.2 Å². The maximum Gasteiger partial charge on any atom is 0.407 e. The summed E-state index contributed by atoms with van der Waals surface area (Å²) in [7, 11) is 0. The number of carbonyl (C=O) groups is 1. The largest absolute Gasteiger partial charge is 0.465 e. The number of nitro benzene ring substituents is 1. The van der Waals surface area contributed by atoms with Crippen LogP contribution in [0.1, 0.15) is 27.2 Å². The minimum Gasteiger partial charge on any atom is -0.465 e. The molecule has 2 unspecified atom stereocenters. The van der Waals surface area contributed by atoms with E-state index in [1.807, 2.05) is 20.8 Å². The van der Waals surface area contributed by atoms with Gasteiger partial charge in [-0.05, 0) is 24.0 Å². The van der Waals surface area contributed by atoms with E-state index in [2.05, 4.69) is 5.32 Å². The second-order valence-corrected chi connectivity index (χ2v) is 6.70. The van der Waals surface area contributed by atoms with Crippen molar-refractivity contribution in [3.05, 3.63) is 34.4 Å². The molecular weight excluding hydrogens is 286 g/mol. The molecule has 2 rings (SSSR count). The lowest BCUT2D eigenvalue weighted by atomic mass is 9.85. The molecular formula is C15H21N3O4. The third kappa shape index (κ3) is 3.47. The van der Waals surface area contributed by atoms with Crippen molar-refractivity contribution >= 4 is 17.5 Å². The smallest absolute Gasteiger partial charge is 0.407 e. The molecule has 1 aromatic rings. The van der Waals surface area contributed by atoms with Gasteiger partial charge in [0.05, 0.1) is 4.92 Å². The van der Waals surface area contributed by atoms with Gasteiger partial charge in [-0.1, -0.05) is 20.8 Å². The van der Waals surface area contributed by atoms with Crippen LogP contribution in [0.5, 0.6) is 0 Å². The maximum absolute atomic E-state index is 11.4. The quantitative estimate of drug-likeness (QED) is 0.660. The molecule has 1 aromatic carbocycles. The first-order valence-corrected chi connectivity index (χ1v) is 7.19. The number of rotatable bonds is 3. The van der Waals surface area contributed by atoms with Gasteiger partial charge in [-0.25, -0.2) is 4.79 Å². The molecule has 1 heterocycles. The fourth-order valence-electron chi connectivity index (χ4n) is 2.89. The highest BCUT2D eigenvalue weighted by atomic mass is 16.6. The molecule has 1 fully saturated rings. The number of nitrogens with one attached hydrogen (secondary N) is 1. The molecule has 0 aromatic heterocycles. The maximum atomic E-state index is 11.4. The predicted octanol–water partition coefficient (Wildman–Crippen LogP) is 3.17. The van der Waals surface area contributed by atoms with Crippen LogP contribution in [0.25, 0.3) is 0 Å². The Balaban J connectivity index is 2.08. The Labute approximate surface area is 129 Å². The number of carboxylic acid groups (broad SMARTS) is 1. The Hall–Kier alpha value is -2.31. The van der Waals surface area contributed by atoms with Crippen molar-refractivity contribution in [1.29, 1.82) is 0 Å². The molecule has 22 heavy (non-hydrogen) atoms. The highest BCUT2D eigenvalue weighted by molar-refractivity contribution is 5.66. The number of non-ortho nitro benzene ring substituents is 1. The van der Waals surface area contributed by atoms with Crippen molar-refractivity contribution in [2.75, 3.05) is 11.9 Å². The van der Waals surface area contributed by atoms with Crippen LogP contribution in [-0.4, -0.2) is 39.7 Å². The number of benzene rings is 1. The van der Waals surface area contributed by atoms with Crippen molar-refractivity contribution in [2.24, 2.45) is 5.41 Å². The standard InChI is InChI=1S/C15H21N3O4/c1-15(2,3)13-8-11(9-17(13)14(19)20)16-10-4-6-12(7-5-10)18(21)22/h4-7,11,13,16H,8-9H2,1-3H3,(H,19,20). The summed E-state index contributed by atoms with van der Waals surface area (Å²) in [4.78, 5) is 23.1. The zero-order valence-electron chi connectivity index (χ0n) is 12.9. The van der Waals surface area contributed by atoms with Gasteiger partial charge in [-0.3, -0.25) is 10.1 Å². The lowest BCUT2D eigenvalue weighted by molar-refractivity contribution is -0.384. The monoisotopic (exact) mass is 307 g/mol. The van der Waals surface area contributed by atoms with Crippen molar-refractivity contribution in [2.45, 2.75) is 39.3 Å².